The zero-order chi connectivity index (χ0) is 13.3. The van der Waals surface area contributed by atoms with Crippen molar-refractivity contribution in [2.75, 3.05) is 19.0 Å². The highest BCUT2D eigenvalue weighted by molar-refractivity contribution is 7.18. The molecule has 0 aromatic carbocycles. The second-order valence-electron chi connectivity index (χ2n) is 4.24. The van der Waals surface area contributed by atoms with E-state index in [0.717, 1.165) is 21.9 Å². The molecule has 0 spiro atoms. The van der Waals surface area contributed by atoms with Crippen LogP contribution in [0.4, 0.5) is 5.82 Å². The highest BCUT2D eigenvalue weighted by Gasteiger charge is 2.16. The average Bonchev–Trinajstić information content (AvgIpc) is 2.64. The lowest BCUT2D eigenvalue weighted by Crippen LogP contribution is -2.07. The molecule has 1 unspecified atom stereocenters. The number of aromatic nitrogens is 2. The minimum Gasteiger partial charge on any atom is -0.372 e. The molecule has 0 amide bonds. The van der Waals surface area contributed by atoms with Crippen LogP contribution in [0.3, 0.4) is 0 Å². The van der Waals surface area contributed by atoms with Crippen LogP contribution in [0.25, 0.3) is 10.2 Å². The molecule has 0 aliphatic heterocycles. The number of hydrogen-bond acceptors (Lipinski definition) is 5. The Labute approximate surface area is 111 Å². The van der Waals surface area contributed by atoms with Crippen molar-refractivity contribution in [1.82, 2.24) is 9.97 Å². The molecule has 0 bridgehead atoms. The highest BCUT2D eigenvalue weighted by Crippen LogP contribution is 2.34. The molecule has 2 rings (SSSR count). The maximum Gasteiger partial charge on any atom is 0.160 e. The van der Waals surface area contributed by atoms with E-state index in [1.54, 1.807) is 11.3 Å². The van der Waals surface area contributed by atoms with Gasteiger partial charge in [-0.15, -0.1) is 11.3 Å². The quantitative estimate of drug-likeness (QED) is 0.919. The van der Waals surface area contributed by atoms with Crippen LogP contribution in [0, 0.1) is 13.8 Å². The minimum absolute atomic E-state index is 0.0748. The van der Waals surface area contributed by atoms with Gasteiger partial charge in [0.05, 0.1) is 5.39 Å². The van der Waals surface area contributed by atoms with E-state index in [4.69, 9.17) is 4.74 Å². The van der Waals surface area contributed by atoms with Gasteiger partial charge in [0.15, 0.2) is 5.82 Å². The summed E-state index contributed by atoms with van der Waals surface area (Å²) in [5, 5.41) is 4.29. The predicted octanol–water partition coefficient (Wildman–Crippen LogP) is 3.45. The molecular formula is C13H19N3OS. The summed E-state index contributed by atoms with van der Waals surface area (Å²) in [5.74, 6) is 1.64. The Morgan fingerprint density at radius 2 is 2.06 bits per heavy atom. The van der Waals surface area contributed by atoms with E-state index < -0.39 is 0 Å². The van der Waals surface area contributed by atoms with Crippen molar-refractivity contribution >= 4 is 27.4 Å². The van der Waals surface area contributed by atoms with Gasteiger partial charge >= 0.3 is 0 Å². The molecule has 0 aliphatic carbocycles. The maximum absolute atomic E-state index is 5.57. The van der Waals surface area contributed by atoms with Crippen LogP contribution in [0.5, 0.6) is 0 Å². The number of nitrogens with zero attached hydrogens (tertiary/aromatic N) is 2. The number of nitrogens with one attached hydrogen (secondary N) is 1. The Kier molecular flexibility index (Phi) is 3.82. The average molecular weight is 265 g/mol. The first-order chi connectivity index (χ1) is 8.58. The molecule has 0 radical (unpaired) electrons. The fourth-order valence-corrected chi connectivity index (χ4v) is 2.99. The second kappa shape index (κ2) is 5.20. The van der Waals surface area contributed by atoms with Crippen molar-refractivity contribution in [3.63, 3.8) is 0 Å². The molecule has 0 saturated carbocycles. The van der Waals surface area contributed by atoms with Gasteiger partial charge in [0.2, 0.25) is 0 Å². The van der Waals surface area contributed by atoms with Crippen LogP contribution in [0.1, 0.15) is 36.2 Å². The third kappa shape index (κ3) is 2.20. The van der Waals surface area contributed by atoms with Crippen molar-refractivity contribution in [2.24, 2.45) is 0 Å². The van der Waals surface area contributed by atoms with Gasteiger partial charge in [-0.1, -0.05) is 0 Å². The largest absolute Gasteiger partial charge is 0.372 e. The van der Waals surface area contributed by atoms with E-state index in [-0.39, 0.29) is 6.10 Å². The molecule has 4 nitrogen and oxygen atoms in total. The van der Waals surface area contributed by atoms with Crippen LogP contribution >= 0.6 is 11.3 Å². The van der Waals surface area contributed by atoms with E-state index in [1.807, 2.05) is 20.9 Å². The van der Waals surface area contributed by atoms with Crippen LogP contribution in [0.15, 0.2) is 0 Å². The summed E-state index contributed by atoms with van der Waals surface area (Å²) in [6.07, 6.45) is -0.0748. The molecule has 2 aromatic rings. The first-order valence-corrected chi connectivity index (χ1v) is 6.97. The molecule has 0 fully saturated rings. The van der Waals surface area contributed by atoms with Gasteiger partial charge in [0.25, 0.3) is 0 Å². The first-order valence-electron chi connectivity index (χ1n) is 6.15. The molecular weight excluding hydrogens is 246 g/mol. The maximum atomic E-state index is 5.57. The van der Waals surface area contributed by atoms with Crippen LogP contribution < -0.4 is 5.32 Å². The second-order valence-corrected chi connectivity index (χ2v) is 5.44. The van der Waals surface area contributed by atoms with Crippen LogP contribution in [-0.2, 0) is 4.74 Å². The standard InChI is InChI=1S/C13H19N3OS/c1-6-17-8(3)11-15-12(14-5)10-7(2)9(4)18-13(10)16-11/h8H,6H2,1-5H3,(H,14,15,16). The molecule has 2 heterocycles. The molecule has 18 heavy (non-hydrogen) atoms. The molecule has 1 atom stereocenters. The van der Waals surface area contributed by atoms with Crippen LogP contribution in [-0.4, -0.2) is 23.6 Å². The van der Waals surface area contributed by atoms with Crippen molar-refractivity contribution in [3.05, 3.63) is 16.3 Å². The zero-order valence-corrected chi connectivity index (χ0v) is 12.3. The van der Waals surface area contributed by atoms with E-state index in [2.05, 4.69) is 29.1 Å². The topological polar surface area (TPSA) is 47.0 Å². The SMILES string of the molecule is CCOC(C)c1nc(NC)c2c(C)c(C)sc2n1. The van der Waals surface area contributed by atoms with Crippen molar-refractivity contribution in [1.29, 1.82) is 0 Å². The Hall–Kier alpha value is -1.20. The van der Waals surface area contributed by atoms with Gasteiger partial charge in [0.1, 0.15) is 16.8 Å². The van der Waals surface area contributed by atoms with E-state index in [9.17, 15) is 0 Å². The normalized spacial score (nSPS) is 12.9. The van der Waals surface area contributed by atoms with Gasteiger partial charge in [-0.2, -0.15) is 0 Å². The molecule has 1 N–H and O–H groups in total. The highest BCUT2D eigenvalue weighted by atomic mass is 32.1. The lowest BCUT2D eigenvalue weighted by Gasteiger charge is -2.12. The first kappa shape index (κ1) is 13.2. The molecule has 5 heteroatoms. The number of ether oxygens (including phenoxy) is 1. The summed E-state index contributed by atoms with van der Waals surface area (Å²) in [5.41, 5.74) is 1.26. The molecule has 0 saturated heterocycles. The summed E-state index contributed by atoms with van der Waals surface area (Å²) < 4.78 is 5.57. The zero-order valence-electron chi connectivity index (χ0n) is 11.5. The number of fused-ring (bicyclic) bond motifs is 1. The minimum atomic E-state index is -0.0748. The third-order valence-electron chi connectivity index (χ3n) is 3.06. The fraction of sp³-hybridized carbons (Fsp3) is 0.538. The lowest BCUT2D eigenvalue weighted by molar-refractivity contribution is 0.0704. The van der Waals surface area contributed by atoms with E-state index in [0.29, 0.717) is 6.61 Å². The Morgan fingerprint density at radius 1 is 1.33 bits per heavy atom. The lowest BCUT2D eigenvalue weighted by atomic mass is 10.2. The third-order valence-corrected chi connectivity index (χ3v) is 4.16. The number of rotatable bonds is 4. The van der Waals surface area contributed by atoms with E-state index in [1.165, 1.54) is 10.4 Å². The number of thiophene rings is 1. The fourth-order valence-electron chi connectivity index (χ4n) is 1.95. The molecule has 2 aromatic heterocycles. The predicted molar refractivity (Wildman–Crippen MR) is 76.5 cm³/mol. The van der Waals surface area contributed by atoms with Gasteiger partial charge < -0.3 is 10.1 Å². The summed E-state index contributed by atoms with van der Waals surface area (Å²) >= 11 is 1.71. The van der Waals surface area contributed by atoms with E-state index >= 15 is 0 Å². The molecule has 98 valence electrons. The van der Waals surface area contributed by atoms with Gasteiger partial charge in [-0.05, 0) is 33.3 Å². The Bertz CT molecular complexity index is 565. The number of anilines is 1. The van der Waals surface area contributed by atoms with Crippen LogP contribution in [0.2, 0.25) is 0 Å². The van der Waals surface area contributed by atoms with Crippen molar-refractivity contribution < 1.29 is 4.74 Å². The number of aryl methyl sites for hydroxylation is 2. The number of hydrogen-bond donors (Lipinski definition) is 1. The van der Waals surface area contributed by atoms with Gasteiger partial charge in [0, 0.05) is 18.5 Å². The monoisotopic (exact) mass is 265 g/mol. The van der Waals surface area contributed by atoms with Crippen molar-refractivity contribution in [3.8, 4) is 0 Å². The summed E-state index contributed by atoms with van der Waals surface area (Å²) in [4.78, 5) is 11.5. The van der Waals surface area contributed by atoms with Gasteiger partial charge in [-0.25, -0.2) is 9.97 Å². The molecule has 0 aliphatic rings. The smallest absolute Gasteiger partial charge is 0.160 e. The summed E-state index contributed by atoms with van der Waals surface area (Å²) in [6, 6.07) is 0. The Morgan fingerprint density at radius 3 is 2.67 bits per heavy atom. The summed E-state index contributed by atoms with van der Waals surface area (Å²) in [6.45, 7) is 8.86. The van der Waals surface area contributed by atoms with Gasteiger partial charge in [-0.3, -0.25) is 0 Å². The summed E-state index contributed by atoms with van der Waals surface area (Å²) in [7, 11) is 1.89. The Balaban J connectivity index is 2.59. The van der Waals surface area contributed by atoms with Crippen molar-refractivity contribution in [2.45, 2.75) is 33.8 Å².